The topological polar surface area (TPSA) is 44.5 Å². The Morgan fingerprint density at radius 1 is 1.17 bits per heavy atom. The number of fused-ring (bicyclic) bond motifs is 1. The number of rotatable bonds is 4. The Kier molecular flexibility index (Phi) is 4.71. The Bertz CT molecular complexity index is 746. The predicted molar refractivity (Wildman–Crippen MR) is 89.3 cm³/mol. The summed E-state index contributed by atoms with van der Waals surface area (Å²) in [5.41, 5.74) is 7.70. The lowest BCUT2D eigenvalue weighted by molar-refractivity contribution is 0.181. The maximum absolute atomic E-state index is 14.1. The molecule has 24 heavy (non-hydrogen) atoms. The van der Waals surface area contributed by atoms with Crippen LogP contribution in [0.1, 0.15) is 25.8 Å². The molecule has 0 unspecified atom stereocenters. The minimum atomic E-state index is -0.402. The summed E-state index contributed by atoms with van der Waals surface area (Å²) in [6.45, 7) is 4.11. The normalized spacial score (nSPS) is 16.7. The van der Waals surface area contributed by atoms with Crippen LogP contribution >= 0.6 is 0 Å². The van der Waals surface area contributed by atoms with Crippen molar-refractivity contribution < 1.29 is 18.3 Å². The van der Waals surface area contributed by atoms with E-state index in [1.807, 2.05) is 13.8 Å². The maximum atomic E-state index is 14.1. The number of ether oxygens (including phenoxy) is 2. The highest BCUT2D eigenvalue weighted by molar-refractivity contribution is 5.77. The van der Waals surface area contributed by atoms with Crippen LogP contribution < -0.4 is 15.2 Å². The highest BCUT2D eigenvalue weighted by Gasteiger charge is 2.25. The first kappa shape index (κ1) is 16.7. The lowest BCUT2D eigenvalue weighted by atomic mass is 9.95. The van der Waals surface area contributed by atoms with Gasteiger partial charge in [0.25, 0.3) is 0 Å². The van der Waals surface area contributed by atoms with E-state index in [4.69, 9.17) is 15.2 Å². The molecule has 0 aliphatic carbocycles. The van der Waals surface area contributed by atoms with Gasteiger partial charge in [-0.05, 0) is 56.5 Å². The van der Waals surface area contributed by atoms with E-state index >= 15 is 0 Å². The molecule has 2 aromatic rings. The summed E-state index contributed by atoms with van der Waals surface area (Å²) < 4.78 is 39.4. The lowest BCUT2D eigenvalue weighted by Crippen LogP contribution is -2.30. The van der Waals surface area contributed by atoms with Gasteiger partial charge in [0.1, 0.15) is 29.2 Å². The molecule has 0 saturated carbocycles. The predicted octanol–water partition coefficient (Wildman–Crippen LogP) is 4.07. The second-order valence-electron chi connectivity index (χ2n) is 6.26. The van der Waals surface area contributed by atoms with E-state index in [1.165, 1.54) is 24.3 Å². The Hall–Kier alpha value is -2.14. The summed E-state index contributed by atoms with van der Waals surface area (Å²) in [5.74, 6) is 0.230. The fourth-order valence-electron chi connectivity index (χ4n) is 2.95. The Morgan fingerprint density at radius 3 is 2.67 bits per heavy atom. The van der Waals surface area contributed by atoms with Gasteiger partial charge in [-0.3, -0.25) is 0 Å². The highest BCUT2D eigenvalue weighted by atomic mass is 19.1. The summed E-state index contributed by atoms with van der Waals surface area (Å²) in [6.07, 6.45) is 1.22. The van der Waals surface area contributed by atoms with Crippen LogP contribution in [0.2, 0.25) is 0 Å². The van der Waals surface area contributed by atoms with Crippen LogP contribution in [0.15, 0.2) is 30.3 Å². The van der Waals surface area contributed by atoms with E-state index in [2.05, 4.69) is 0 Å². The van der Waals surface area contributed by atoms with Crippen LogP contribution in [0.25, 0.3) is 11.1 Å². The van der Waals surface area contributed by atoms with Gasteiger partial charge in [-0.25, -0.2) is 8.78 Å². The molecule has 1 aliphatic rings. The molecule has 3 nitrogen and oxygen atoms in total. The van der Waals surface area contributed by atoms with Crippen molar-refractivity contribution in [1.29, 1.82) is 0 Å². The van der Waals surface area contributed by atoms with Crippen molar-refractivity contribution in [1.82, 2.24) is 0 Å². The molecule has 2 N–H and O–H groups in total. The smallest absolute Gasteiger partial charge is 0.131 e. The molecule has 1 aliphatic heterocycles. The molecule has 2 aromatic carbocycles. The Morgan fingerprint density at radius 2 is 1.96 bits per heavy atom. The second-order valence-corrected chi connectivity index (χ2v) is 6.26. The van der Waals surface area contributed by atoms with E-state index < -0.39 is 5.82 Å². The van der Waals surface area contributed by atoms with E-state index in [0.717, 1.165) is 12.0 Å². The zero-order valence-corrected chi connectivity index (χ0v) is 13.8. The number of halogens is 2. The monoisotopic (exact) mass is 333 g/mol. The first-order chi connectivity index (χ1) is 11.5. The van der Waals surface area contributed by atoms with Gasteiger partial charge in [0.15, 0.2) is 0 Å². The largest absolute Gasteiger partial charge is 0.490 e. The highest BCUT2D eigenvalue weighted by Crippen LogP contribution is 2.42. The summed E-state index contributed by atoms with van der Waals surface area (Å²) in [6, 6.07) is 7.13. The fraction of sp³-hybridized carbons (Fsp3) is 0.368. The minimum Gasteiger partial charge on any atom is -0.490 e. The van der Waals surface area contributed by atoms with Gasteiger partial charge in [0.2, 0.25) is 0 Å². The Labute approximate surface area is 140 Å². The minimum absolute atomic E-state index is 0.100. The maximum Gasteiger partial charge on any atom is 0.131 e. The number of hydrogen-bond acceptors (Lipinski definition) is 3. The average Bonchev–Trinajstić information content (AvgIpc) is 2.53. The van der Waals surface area contributed by atoms with Crippen molar-refractivity contribution in [3.63, 3.8) is 0 Å². The molecule has 3 rings (SSSR count). The Balaban J connectivity index is 2.14. The quantitative estimate of drug-likeness (QED) is 0.917. The molecule has 0 amide bonds. The molecule has 5 heteroatoms. The van der Waals surface area contributed by atoms with Crippen molar-refractivity contribution in [3.05, 3.63) is 47.5 Å². The second kappa shape index (κ2) is 6.77. The molecule has 128 valence electrons. The van der Waals surface area contributed by atoms with Crippen LogP contribution in [0.4, 0.5) is 8.78 Å². The summed E-state index contributed by atoms with van der Waals surface area (Å²) in [7, 11) is 0. The first-order valence-corrected chi connectivity index (χ1v) is 8.13. The molecule has 0 spiro atoms. The van der Waals surface area contributed by atoms with Crippen LogP contribution in [-0.2, 0) is 6.42 Å². The van der Waals surface area contributed by atoms with Gasteiger partial charge < -0.3 is 15.2 Å². The van der Waals surface area contributed by atoms with Gasteiger partial charge in [-0.1, -0.05) is 0 Å². The van der Waals surface area contributed by atoms with Gasteiger partial charge in [-0.15, -0.1) is 0 Å². The molecule has 0 fully saturated rings. The standard InChI is InChI=1S/C19H21F2NO2/c1-11(2)23-18-9-13(20)4-6-16(18)17-8-14(21)7-12-3-5-15(10-22)24-19(12)17/h4,6-9,11,15H,3,5,10,22H2,1-2H3/t15-/m1/s1. The number of nitrogens with two attached hydrogens (primary N) is 1. The van der Waals surface area contributed by atoms with Crippen molar-refractivity contribution in [3.8, 4) is 22.6 Å². The van der Waals surface area contributed by atoms with E-state index in [-0.39, 0.29) is 18.0 Å². The van der Waals surface area contributed by atoms with E-state index in [1.54, 1.807) is 6.07 Å². The SMILES string of the molecule is CC(C)Oc1cc(F)ccc1-c1cc(F)cc2c1O[C@@H](CN)CC2. The summed E-state index contributed by atoms with van der Waals surface area (Å²) in [4.78, 5) is 0. The van der Waals surface area contributed by atoms with Gasteiger partial charge in [0.05, 0.1) is 6.10 Å². The van der Waals surface area contributed by atoms with Crippen LogP contribution in [-0.4, -0.2) is 18.8 Å². The molecule has 0 radical (unpaired) electrons. The van der Waals surface area contributed by atoms with Crippen molar-refractivity contribution in [2.24, 2.45) is 5.73 Å². The van der Waals surface area contributed by atoms with Crippen molar-refractivity contribution in [2.75, 3.05) is 6.54 Å². The molecular weight excluding hydrogens is 312 g/mol. The van der Waals surface area contributed by atoms with Gasteiger partial charge >= 0.3 is 0 Å². The average molecular weight is 333 g/mol. The lowest BCUT2D eigenvalue weighted by Gasteiger charge is -2.28. The molecule has 0 bridgehead atoms. The number of aryl methyl sites for hydroxylation is 1. The zero-order valence-electron chi connectivity index (χ0n) is 13.8. The first-order valence-electron chi connectivity index (χ1n) is 8.13. The van der Waals surface area contributed by atoms with Crippen LogP contribution in [0.5, 0.6) is 11.5 Å². The molecule has 1 heterocycles. The van der Waals surface area contributed by atoms with E-state index in [9.17, 15) is 8.78 Å². The molecule has 0 aromatic heterocycles. The number of hydrogen-bond donors (Lipinski definition) is 1. The third kappa shape index (κ3) is 3.36. The number of benzene rings is 2. The van der Waals surface area contributed by atoms with Crippen molar-refractivity contribution in [2.45, 2.75) is 38.9 Å². The molecule has 1 atom stereocenters. The summed E-state index contributed by atoms with van der Waals surface area (Å²) in [5, 5.41) is 0. The third-order valence-corrected chi connectivity index (χ3v) is 4.01. The van der Waals surface area contributed by atoms with E-state index in [0.29, 0.717) is 35.6 Å². The van der Waals surface area contributed by atoms with Crippen LogP contribution in [0, 0.1) is 11.6 Å². The molecule has 0 saturated heterocycles. The third-order valence-electron chi connectivity index (χ3n) is 4.01. The molecular formula is C19H21F2NO2. The summed E-state index contributed by atoms with van der Waals surface area (Å²) >= 11 is 0. The van der Waals surface area contributed by atoms with Crippen LogP contribution in [0.3, 0.4) is 0 Å². The fourth-order valence-corrected chi connectivity index (χ4v) is 2.95. The zero-order chi connectivity index (χ0) is 17.3. The van der Waals surface area contributed by atoms with Crippen molar-refractivity contribution >= 4 is 0 Å². The van der Waals surface area contributed by atoms with Gasteiger partial charge in [-0.2, -0.15) is 0 Å². The van der Waals surface area contributed by atoms with Gasteiger partial charge in [0, 0.05) is 23.7 Å².